The molecule has 0 saturated carbocycles. The van der Waals surface area contributed by atoms with Crippen LogP contribution in [0.2, 0.25) is 0 Å². The molecule has 0 aliphatic rings. The second kappa shape index (κ2) is 5.98. The lowest BCUT2D eigenvalue weighted by atomic mass is 10.3. The van der Waals surface area contributed by atoms with Gasteiger partial charge in [0, 0.05) is 4.90 Å². The minimum atomic E-state index is 0.232. The molecule has 3 heteroatoms. The predicted molar refractivity (Wildman–Crippen MR) is 63.5 cm³/mol. The van der Waals surface area contributed by atoms with Crippen molar-refractivity contribution in [3.63, 3.8) is 0 Å². The van der Waals surface area contributed by atoms with E-state index in [0.717, 1.165) is 0 Å². The second-order valence-electron chi connectivity index (χ2n) is 2.82. The number of rotatable bonds is 0. The van der Waals surface area contributed by atoms with Crippen molar-refractivity contribution in [1.29, 1.82) is 0 Å². The first-order chi connectivity index (χ1) is 7.20. The van der Waals surface area contributed by atoms with Gasteiger partial charge in [0.1, 0.15) is 11.5 Å². The molecule has 2 aromatic carbocycles. The molecule has 78 valence electrons. The fraction of sp³-hybridized carbons (Fsp3) is 0. The number of aromatic hydroxyl groups is 2. The lowest BCUT2D eigenvalue weighted by Crippen LogP contribution is -1.64. The van der Waals surface area contributed by atoms with E-state index in [1.165, 1.54) is 0 Å². The van der Waals surface area contributed by atoms with Gasteiger partial charge >= 0.3 is 0 Å². The molecule has 2 aromatic rings. The van der Waals surface area contributed by atoms with E-state index in [9.17, 15) is 0 Å². The highest BCUT2D eigenvalue weighted by Crippen LogP contribution is 2.18. The first-order valence-electron chi connectivity index (χ1n) is 4.41. The summed E-state index contributed by atoms with van der Waals surface area (Å²) in [7, 11) is 0. The molecule has 0 unspecified atom stereocenters. The van der Waals surface area contributed by atoms with Crippen molar-refractivity contribution < 1.29 is 10.2 Å². The van der Waals surface area contributed by atoms with Crippen molar-refractivity contribution in [3.05, 3.63) is 54.6 Å². The van der Waals surface area contributed by atoms with Crippen LogP contribution < -0.4 is 0 Å². The molecule has 0 bridgehead atoms. The zero-order valence-electron chi connectivity index (χ0n) is 8.04. The maximum atomic E-state index is 8.84. The zero-order chi connectivity index (χ0) is 11.1. The summed E-state index contributed by atoms with van der Waals surface area (Å²) in [5, 5.41) is 17.5. The Morgan fingerprint density at radius 3 is 1.60 bits per heavy atom. The second-order valence-corrected chi connectivity index (χ2v) is 3.31. The molecule has 0 aromatic heterocycles. The molecule has 0 radical (unpaired) electrons. The van der Waals surface area contributed by atoms with Gasteiger partial charge in [-0.1, -0.05) is 30.3 Å². The summed E-state index contributed by atoms with van der Waals surface area (Å²) in [6.07, 6.45) is 0. The van der Waals surface area contributed by atoms with Crippen LogP contribution >= 0.6 is 12.6 Å². The third-order valence-electron chi connectivity index (χ3n) is 1.64. The number of thiol groups is 1. The molecule has 2 rings (SSSR count). The van der Waals surface area contributed by atoms with E-state index < -0.39 is 0 Å². The van der Waals surface area contributed by atoms with Crippen molar-refractivity contribution >= 4 is 12.6 Å². The summed E-state index contributed by atoms with van der Waals surface area (Å²) in [5.74, 6) is 0.554. The molecule has 0 fully saturated rings. The molecule has 0 amide bonds. The molecule has 2 nitrogen and oxygen atoms in total. The van der Waals surface area contributed by atoms with Crippen molar-refractivity contribution in [2.24, 2.45) is 0 Å². The van der Waals surface area contributed by atoms with Crippen molar-refractivity contribution in [3.8, 4) is 11.5 Å². The van der Waals surface area contributed by atoms with E-state index in [1.807, 2.05) is 12.1 Å². The molecule has 0 spiro atoms. The van der Waals surface area contributed by atoms with Crippen LogP contribution in [0.1, 0.15) is 0 Å². The van der Waals surface area contributed by atoms with Crippen LogP contribution in [0.5, 0.6) is 11.5 Å². The zero-order valence-corrected chi connectivity index (χ0v) is 8.93. The Kier molecular flexibility index (Phi) is 4.57. The number of para-hydroxylation sites is 2. The van der Waals surface area contributed by atoms with Gasteiger partial charge in [-0.25, -0.2) is 0 Å². The van der Waals surface area contributed by atoms with Gasteiger partial charge in [0.15, 0.2) is 0 Å². The number of benzene rings is 2. The SMILES string of the molecule is Oc1ccccc1.Oc1ccccc1S. The number of hydrogen-bond acceptors (Lipinski definition) is 3. The molecule has 0 aliphatic heterocycles. The fourth-order valence-corrected chi connectivity index (χ4v) is 1.05. The third-order valence-corrected chi connectivity index (χ3v) is 2.02. The summed E-state index contributed by atoms with van der Waals surface area (Å²) < 4.78 is 0. The molecule has 0 saturated heterocycles. The predicted octanol–water partition coefficient (Wildman–Crippen LogP) is 3.07. The summed E-state index contributed by atoms with van der Waals surface area (Å²) in [4.78, 5) is 0.618. The van der Waals surface area contributed by atoms with Gasteiger partial charge in [0.05, 0.1) is 0 Å². The van der Waals surface area contributed by atoms with Crippen molar-refractivity contribution in [2.45, 2.75) is 4.90 Å². The average molecular weight is 220 g/mol. The van der Waals surface area contributed by atoms with Gasteiger partial charge < -0.3 is 10.2 Å². The van der Waals surface area contributed by atoms with Crippen LogP contribution in [-0.2, 0) is 0 Å². The number of phenolic OH excluding ortho intramolecular Hbond substituents is 2. The van der Waals surface area contributed by atoms with Gasteiger partial charge in [-0.3, -0.25) is 0 Å². The Balaban J connectivity index is 0.000000151. The van der Waals surface area contributed by atoms with Crippen molar-refractivity contribution in [1.82, 2.24) is 0 Å². The van der Waals surface area contributed by atoms with E-state index in [2.05, 4.69) is 12.6 Å². The van der Waals surface area contributed by atoms with Gasteiger partial charge in [-0.2, -0.15) is 0 Å². The monoisotopic (exact) mass is 220 g/mol. The van der Waals surface area contributed by atoms with Crippen LogP contribution in [0.3, 0.4) is 0 Å². The van der Waals surface area contributed by atoms with Crippen LogP contribution in [0.25, 0.3) is 0 Å². The van der Waals surface area contributed by atoms with Gasteiger partial charge in [-0.05, 0) is 24.3 Å². The topological polar surface area (TPSA) is 40.5 Å². The highest BCUT2D eigenvalue weighted by molar-refractivity contribution is 7.80. The van der Waals surface area contributed by atoms with Crippen LogP contribution in [0, 0.1) is 0 Å². The lowest BCUT2D eigenvalue weighted by Gasteiger charge is -1.91. The van der Waals surface area contributed by atoms with Gasteiger partial charge in [0.2, 0.25) is 0 Å². The Hall–Kier alpha value is -1.61. The van der Waals surface area contributed by atoms with E-state index in [1.54, 1.807) is 42.5 Å². The van der Waals surface area contributed by atoms with Crippen LogP contribution in [0.15, 0.2) is 59.5 Å². The molecular formula is C12H12O2S. The fourth-order valence-electron chi connectivity index (χ4n) is 0.892. The van der Waals surface area contributed by atoms with E-state index in [0.29, 0.717) is 10.6 Å². The highest BCUT2D eigenvalue weighted by Gasteiger charge is 1.88. The Morgan fingerprint density at radius 1 is 0.733 bits per heavy atom. The molecule has 2 N–H and O–H groups in total. The molecule has 0 heterocycles. The number of phenols is 2. The molecular weight excluding hydrogens is 208 g/mol. The van der Waals surface area contributed by atoms with Gasteiger partial charge in [0.25, 0.3) is 0 Å². The summed E-state index contributed by atoms with van der Waals surface area (Å²) in [6, 6.07) is 15.6. The number of hydrogen-bond donors (Lipinski definition) is 3. The Bertz CT molecular complexity index is 380. The lowest BCUT2D eigenvalue weighted by molar-refractivity contribution is 0.462. The minimum absolute atomic E-state index is 0.232. The Morgan fingerprint density at radius 2 is 1.27 bits per heavy atom. The summed E-state index contributed by atoms with van der Waals surface area (Å²) in [6.45, 7) is 0. The van der Waals surface area contributed by atoms with Gasteiger partial charge in [-0.15, -0.1) is 12.6 Å². The first kappa shape index (κ1) is 11.5. The average Bonchev–Trinajstić information content (AvgIpc) is 2.25. The molecule has 0 atom stereocenters. The maximum absolute atomic E-state index is 8.84. The summed E-state index contributed by atoms with van der Waals surface area (Å²) >= 11 is 3.95. The van der Waals surface area contributed by atoms with E-state index >= 15 is 0 Å². The van der Waals surface area contributed by atoms with Crippen LogP contribution in [-0.4, -0.2) is 10.2 Å². The maximum Gasteiger partial charge on any atom is 0.128 e. The smallest absolute Gasteiger partial charge is 0.128 e. The minimum Gasteiger partial charge on any atom is -0.508 e. The third kappa shape index (κ3) is 4.42. The van der Waals surface area contributed by atoms with Crippen molar-refractivity contribution in [2.75, 3.05) is 0 Å². The molecule has 0 aliphatic carbocycles. The highest BCUT2D eigenvalue weighted by atomic mass is 32.1. The molecule has 15 heavy (non-hydrogen) atoms. The van der Waals surface area contributed by atoms with E-state index in [4.69, 9.17) is 10.2 Å². The Labute approximate surface area is 94.2 Å². The quantitative estimate of drug-likeness (QED) is 0.597. The van der Waals surface area contributed by atoms with Crippen LogP contribution in [0.4, 0.5) is 0 Å². The largest absolute Gasteiger partial charge is 0.508 e. The normalized spacial score (nSPS) is 8.87. The standard InChI is InChI=1S/C6H6OS.C6H6O/c7-5-3-1-2-4-6(5)8;7-6-4-2-1-3-5-6/h1-4,7-8H;1-5,7H. The first-order valence-corrected chi connectivity index (χ1v) is 4.86. The van der Waals surface area contributed by atoms with E-state index in [-0.39, 0.29) is 5.75 Å². The summed E-state index contributed by atoms with van der Waals surface area (Å²) in [5.41, 5.74) is 0.